The molecule has 0 fully saturated rings. The highest BCUT2D eigenvalue weighted by molar-refractivity contribution is 5.96. The Labute approximate surface area is 157 Å². The molecule has 0 radical (unpaired) electrons. The van der Waals surface area contributed by atoms with Gasteiger partial charge in [0.05, 0.1) is 11.0 Å². The Kier molecular flexibility index (Phi) is 5.61. The molecule has 0 aliphatic carbocycles. The number of nitro benzene ring substituents is 1. The molecular formula is C22H20N2O3. The zero-order valence-electron chi connectivity index (χ0n) is 15.0. The van der Waals surface area contributed by atoms with Gasteiger partial charge in [-0.3, -0.25) is 14.9 Å². The van der Waals surface area contributed by atoms with Crippen molar-refractivity contribution in [1.29, 1.82) is 0 Å². The first kappa shape index (κ1) is 18.3. The third kappa shape index (κ3) is 4.79. The topological polar surface area (TPSA) is 72.2 Å². The molecule has 3 aromatic rings. The smallest absolute Gasteiger partial charge is 0.269 e. The van der Waals surface area contributed by atoms with Crippen LogP contribution in [-0.4, -0.2) is 10.7 Å². The number of anilines is 1. The number of rotatable bonds is 7. The number of ketones is 1. The SMILES string of the molecule is Cc1cccc(NC(CC(=O)c2ccccc2)c2cccc([N+](=O)[O-])c2)c1. The molecule has 0 aliphatic rings. The van der Waals surface area contributed by atoms with Crippen molar-refractivity contribution in [3.05, 3.63) is 106 Å². The summed E-state index contributed by atoms with van der Waals surface area (Å²) in [5.41, 5.74) is 3.30. The first-order valence-corrected chi connectivity index (χ1v) is 8.69. The third-order valence-corrected chi connectivity index (χ3v) is 4.33. The minimum Gasteiger partial charge on any atom is -0.378 e. The summed E-state index contributed by atoms with van der Waals surface area (Å²) in [6.07, 6.45) is 0.194. The van der Waals surface area contributed by atoms with Crippen LogP contribution >= 0.6 is 0 Å². The van der Waals surface area contributed by atoms with Crippen molar-refractivity contribution < 1.29 is 9.72 Å². The largest absolute Gasteiger partial charge is 0.378 e. The average molecular weight is 360 g/mol. The molecule has 0 aromatic heterocycles. The molecule has 1 unspecified atom stereocenters. The molecule has 0 saturated carbocycles. The number of carbonyl (C=O) groups is 1. The van der Waals surface area contributed by atoms with Crippen LogP contribution < -0.4 is 5.32 Å². The second kappa shape index (κ2) is 8.27. The number of benzene rings is 3. The molecule has 5 heteroatoms. The van der Waals surface area contributed by atoms with E-state index in [0.717, 1.165) is 11.3 Å². The van der Waals surface area contributed by atoms with E-state index in [9.17, 15) is 14.9 Å². The lowest BCUT2D eigenvalue weighted by Gasteiger charge is -2.20. The third-order valence-electron chi connectivity index (χ3n) is 4.33. The number of aryl methyl sites for hydroxylation is 1. The second-order valence-electron chi connectivity index (χ2n) is 6.41. The van der Waals surface area contributed by atoms with E-state index in [2.05, 4.69) is 5.32 Å². The Balaban J connectivity index is 1.92. The molecule has 1 atom stereocenters. The molecule has 0 heterocycles. The first-order chi connectivity index (χ1) is 13.0. The summed E-state index contributed by atoms with van der Waals surface area (Å²) in [6.45, 7) is 1.99. The van der Waals surface area contributed by atoms with Crippen molar-refractivity contribution in [3.63, 3.8) is 0 Å². The summed E-state index contributed by atoms with van der Waals surface area (Å²) in [6, 6.07) is 22.9. The maximum Gasteiger partial charge on any atom is 0.269 e. The number of nitrogens with zero attached hydrogens (tertiary/aromatic N) is 1. The molecule has 0 aliphatic heterocycles. The number of carbonyl (C=O) groups excluding carboxylic acids is 1. The Morgan fingerprint density at radius 2 is 1.74 bits per heavy atom. The second-order valence-corrected chi connectivity index (χ2v) is 6.41. The molecule has 0 spiro atoms. The molecule has 3 aromatic carbocycles. The summed E-state index contributed by atoms with van der Waals surface area (Å²) in [5.74, 6) is -0.0211. The van der Waals surface area contributed by atoms with Gasteiger partial charge >= 0.3 is 0 Å². The molecular weight excluding hydrogens is 340 g/mol. The molecule has 0 saturated heterocycles. The van der Waals surface area contributed by atoms with Gasteiger partial charge in [0.1, 0.15) is 0 Å². The Morgan fingerprint density at radius 1 is 1.00 bits per heavy atom. The van der Waals surface area contributed by atoms with Crippen molar-refractivity contribution in [2.45, 2.75) is 19.4 Å². The quantitative estimate of drug-likeness (QED) is 0.351. The average Bonchev–Trinajstić information content (AvgIpc) is 2.68. The van der Waals surface area contributed by atoms with Crippen LogP contribution in [0.15, 0.2) is 78.9 Å². The maximum absolute atomic E-state index is 12.7. The monoisotopic (exact) mass is 360 g/mol. The standard InChI is InChI=1S/C22H20N2O3/c1-16-7-5-11-19(13-16)23-21(15-22(25)17-8-3-2-4-9-17)18-10-6-12-20(14-18)24(26)27/h2-14,21,23H,15H2,1H3. The van der Waals surface area contributed by atoms with E-state index in [1.807, 2.05) is 49.4 Å². The fourth-order valence-electron chi connectivity index (χ4n) is 2.97. The lowest BCUT2D eigenvalue weighted by molar-refractivity contribution is -0.384. The highest BCUT2D eigenvalue weighted by Crippen LogP contribution is 2.27. The van der Waals surface area contributed by atoms with E-state index >= 15 is 0 Å². The minimum atomic E-state index is -0.424. The van der Waals surface area contributed by atoms with Gasteiger partial charge in [0.15, 0.2) is 5.78 Å². The van der Waals surface area contributed by atoms with Crippen molar-refractivity contribution in [3.8, 4) is 0 Å². The van der Waals surface area contributed by atoms with E-state index in [1.165, 1.54) is 12.1 Å². The van der Waals surface area contributed by atoms with Gasteiger partial charge in [-0.1, -0.05) is 54.6 Å². The van der Waals surface area contributed by atoms with E-state index in [0.29, 0.717) is 11.1 Å². The van der Waals surface area contributed by atoms with Crippen molar-refractivity contribution in [2.24, 2.45) is 0 Å². The predicted molar refractivity (Wildman–Crippen MR) is 106 cm³/mol. The Hall–Kier alpha value is -3.47. The summed E-state index contributed by atoms with van der Waals surface area (Å²) < 4.78 is 0. The van der Waals surface area contributed by atoms with Gasteiger partial charge in [0.2, 0.25) is 0 Å². The minimum absolute atomic E-state index is 0.00991. The van der Waals surface area contributed by atoms with Gasteiger partial charge in [0, 0.05) is 29.8 Å². The van der Waals surface area contributed by atoms with E-state index in [-0.39, 0.29) is 23.9 Å². The zero-order valence-corrected chi connectivity index (χ0v) is 15.0. The van der Waals surface area contributed by atoms with Crippen molar-refractivity contribution in [2.75, 3.05) is 5.32 Å². The number of Topliss-reactive ketones (excluding diaryl/α,β-unsaturated/α-hetero) is 1. The van der Waals surface area contributed by atoms with Crippen LogP contribution in [0.2, 0.25) is 0 Å². The van der Waals surface area contributed by atoms with Crippen molar-refractivity contribution >= 4 is 17.2 Å². The molecule has 136 valence electrons. The van der Waals surface area contributed by atoms with Crippen LogP contribution in [0.3, 0.4) is 0 Å². The van der Waals surface area contributed by atoms with Crippen LogP contribution in [0.4, 0.5) is 11.4 Å². The van der Waals surface area contributed by atoms with Gasteiger partial charge < -0.3 is 5.32 Å². The van der Waals surface area contributed by atoms with Crippen LogP contribution in [0.5, 0.6) is 0 Å². The highest BCUT2D eigenvalue weighted by Gasteiger charge is 2.19. The zero-order chi connectivity index (χ0) is 19.2. The number of hydrogen-bond donors (Lipinski definition) is 1. The summed E-state index contributed by atoms with van der Waals surface area (Å²) >= 11 is 0. The van der Waals surface area contributed by atoms with E-state index in [4.69, 9.17) is 0 Å². The van der Waals surface area contributed by atoms with Crippen LogP contribution in [0.1, 0.15) is 33.9 Å². The molecule has 5 nitrogen and oxygen atoms in total. The molecule has 1 N–H and O–H groups in total. The summed E-state index contributed by atoms with van der Waals surface area (Å²) in [4.78, 5) is 23.4. The van der Waals surface area contributed by atoms with Crippen LogP contribution in [-0.2, 0) is 0 Å². The summed E-state index contributed by atoms with van der Waals surface area (Å²) in [7, 11) is 0. The lowest BCUT2D eigenvalue weighted by atomic mass is 9.97. The number of non-ortho nitro benzene ring substituents is 1. The highest BCUT2D eigenvalue weighted by atomic mass is 16.6. The van der Waals surface area contributed by atoms with Crippen LogP contribution in [0, 0.1) is 17.0 Å². The van der Waals surface area contributed by atoms with E-state index < -0.39 is 4.92 Å². The van der Waals surface area contributed by atoms with E-state index in [1.54, 1.807) is 24.3 Å². The number of nitrogens with one attached hydrogen (secondary N) is 1. The molecule has 27 heavy (non-hydrogen) atoms. The Morgan fingerprint density at radius 3 is 2.44 bits per heavy atom. The normalized spacial score (nSPS) is 11.6. The fourth-order valence-corrected chi connectivity index (χ4v) is 2.97. The van der Waals surface area contributed by atoms with Gasteiger partial charge in [-0.05, 0) is 30.2 Å². The van der Waals surface area contributed by atoms with Crippen molar-refractivity contribution in [1.82, 2.24) is 0 Å². The maximum atomic E-state index is 12.7. The molecule has 0 bridgehead atoms. The van der Waals surface area contributed by atoms with Crippen LogP contribution in [0.25, 0.3) is 0 Å². The van der Waals surface area contributed by atoms with Gasteiger partial charge in [0.25, 0.3) is 5.69 Å². The number of nitro groups is 1. The number of hydrogen-bond acceptors (Lipinski definition) is 4. The first-order valence-electron chi connectivity index (χ1n) is 8.69. The molecule has 0 amide bonds. The van der Waals surface area contributed by atoms with Gasteiger partial charge in [-0.25, -0.2) is 0 Å². The molecule has 3 rings (SSSR count). The Bertz CT molecular complexity index is 955. The lowest BCUT2D eigenvalue weighted by Crippen LogP contribution is -2.16. The van der Waals surface area contributed by atoms with Gasteiger partial charge in [-0.2, -0.15) is 0 Å². The fraction of sp³-hybridized carbons (Fsp3) is 0.136. The predicted octanol–water partition coefficient (Wildman–Crippen LogP) is 5.33. The summed E-state index contributed by atoms with van der Waals surface area (Å²) in [5, 5.41) is 14.5. The van der Waals surface area contributed by atoms with Gasteiger partial charge in [-0.15, -0.1) is 0 Å².